The van der Waals surface area contributed by atoms with Crippen LogP contribution in [0.1, 0.15) is 21.5 Å². The first-order chi connectivity index (χ1) is 12.6. The molecule has 2 aromatic rings. The fourth-order valence-electron chi connectivity index (χ4n) is 2.48. The molecular weight excluding hydrogens is 354 g/mol. The molecule has 0 aliphatic carbocycles. The minimum Gasteiger partial charge on any atom is -0.465 e. The minimum absolute atomic E-state index is 0.124. The van der Waals surface area contributed by atoms with Gasteiger partial charge in [0.25, 0.3) is 0 Å². The van der Waals surface area contributed by atoms with Gasteiger partial charge in [0.15, 0.2) is 11.5 Å². The number of hydrogen-bond donors (Lipinski definition) is 1. The third-order valence-electron chi connectivity index (χ3n) is 3.87. The second-order valence-corrected chi connectivity index (χ2v) is 6.74. The predicted molar refractivity (Wildman–Crippen MR) is 99.9 cm³/mol. The van der Waals surface area contributed by atoms with E-state index in [1.807, 2.05) is 25.1 Å². The summed E-state index contributed by atoms with van der Waals surface area (Å²) < 4.78 is 15.3. The van der Waals surface area contributed by atoms with Crippen LogP contribution in [0, 0.1) is 6.92 Å². The Bertz CT molecular complexity index is 837. The lowest BCUT2D eigenvalue weighted by atomic mass is 10.1. The molecule has 1 N–H and O–H groups in total. The van der Waals surface area contributed by atoms with Gasteiger partial charge in [-0.15, -0.1) is 11.8 Å². The number of fused-ring (bicyclic) bond motifs is 1. The quantitative estimate of drug-likeness (QED) is 0.783. The van der Waals surface area contributed by atoms with Gasteiger partial charge in [-0.05, 0) is 42.3 Å². The van der Waals surface area contributed by atoms with Gasteiger partial charge in [-0.2, -0.15) is 0 Å². The lowest BCUT2D eigenvalue weighted by Gasteiger charge is -2.10. The average Bonchev–Trinajstić information content (AvgIpc) is 3.10. The van der Waals surface area contributed by atoms with Crippen molar-refractivity contribution in [1.82, 2.24) is 0 Å². The molecule has 6 nitrogen and oxygen atoms in total. The van der Waals surface area contributed by atoms with E-state index in [9.17, 15) is 9.59 Å². The molecule has 1 heterocycles. The number of carbonyl (C=O) groups excluding carboxylic acids is 2. The SMILES string of the molecule is COC(=O)c1ccc(C)c(NC(=O)CSCc2ccc3c(c2)OCO3)c1. The Morgan fingerprint density at radius 3 is 2.77 bits per heavy atom. The van der Waals surface area contributed by atoms with Crippen LogP contribution in [0.3, 0.4) is 0 Å². The van der Waals surface area contributed by atoms with Crippen LogP contribution in [0.15, 0.2) is 36.4 Å². The van der Waals surface area contributed by atoms with Crippen LogP contribution in [0.4, 0.5) is 5.69 Å². The molecule has 0 spiro atoms. The van der Waals surface area contributed by atoms with E-state index in [0.29, 0.717) is 22.8 Å². The summed E-state index contributed by atoms with van der Waals surface area (Å²) >= 11 is 1.50. The van der Waals surface area contributed by atoms with Crippen molar-refractivity contribution in [2.24, 2.45) is 0 Å². The molecule has 3 rings (SSSR count). The summed E-state index contributed by atoms with van der Waals surface area (Å²) in [5, 5.41) is 2.85. The average molecular weight is 373 g/mol. The highest BCUT2D eigenvalue weighted by Gasteiger charge is 2.14. The van der Waals surface area contributed by atoms with E-state index in [1.165, 1.54) is 18.9 Å². The summed E-state index contributed by atoms with van der Waals surface area (Å²) in [7, 11) is 1.33. The zero-order chi connectivity index (χ0) is 18.5. The zero-order valence-electron chi connectivity index (χ0n) is 14.5. The number of hydrogen-bond acceptors (Lipinski definition) is 6. The summed E-state index contributed by atoms with van der Waals surface area (Å²) in [4.78, 5) is 23.8. The molecule has 1 aliphatic rings. The number of esters is 1. The Labute approximate surface area is 155 Å². The summed E-state index contributed by atoms with van der Waals surface area (Å²) in [5.41, 5.74) is 2.96. The molecule has 1 aliphatic heterocycles. The van der Waals surface area contributed by atoms with Gasteiger partial charge < -0.3 is 19.5 Å². The molecular formula is C19H19NO5S. The van der Waals surface area contributed by atoms with Crippen LogP contribution >= 0.6 is 11.8 Å². The van der Waals surface area contributed by atoms with Crippen LogP contribution in [0.2, 0.25) is 0 Å². The number of amides is 1. The number of aryl methyl sites for hydroxylation is 1. The molecule has 26 heavy (non-hydrogen) atoms. The lowest BCUT2D eigenvalue weighted by molar-refractivity contribution is -0.113. The maximum Gasteiger partial charge on any atom is 0.337 e. The predicted octanol–water partition coefficient (Wildman–Crippen LogP) is 3.38. The van der Waals surface area contributed by atoms with Crippen molar-refractivity contribution in [3.05, 3.63) is 53.1 Å². The first-order valence-corrected chi connectivity index (χ1v) is 9.17. The summed E-state index contributed by atoms with van der Waals surface area (Å²) in [6.07, 6.45) is 0. The van der Waals surface area contributed by atoms with Gasteiger partial charge in [-0.25, -0.2) is 4.79 Å². The van der Waals surface area contributed by atoms with Crippen molar-refractivity contribution >= 4 is 29.3 Å². The van der Waals surface area contributed by atoms with Crippen LogP contribution in [0.5, 0.6) is 11.5 Å². The first kappa shape index (κ1) is 18.1. The summed E-state index contributed by atoms with van der Waals surface area (Å²) in [5.74, 6) is 1.92. The molecule has 7 heteroatoms. The van der Waals surface area contributed by atoms with Crippen LogP contribution in [-0.2, 0) is 15.3 Å². The third-order valence-corrected chi connectivity index (χ3v) is 4.88. The van der Waals surface area contributed by atoms with E-state index in [1.54, 1.807) is 18.2 Å². The summed E-state index contributed by atoms with van der Waals surface area (Å²) in [6, 6.07) is 10.8. The Kier molecular flexibility index (Phi) is 5.68. The lowest BCUT2D eigenvalue weighted by Crippen LogP contribution is -2.15. The summed E-state index contributed by atoms with van der Waals surface area (Å²) in [6.45, 7) is 2.12. The number of benzene rings is 2. The normalized spacial score (nSPS) is 11.9. The molecule has 0 saturated heterocycles. The van der Waals surface area contributed by atoms with Gasteiger partial charge in [-0.3, -0.25) is 4.79 Å². The van der Waals surface area contributed by atoms with E-state index >= 15 is 0 Å². The number of methoxy groups -OCH3 is 1. The standard InChI is InChI=1S/C19H19NO5S/c1-12-3-5-14(19(22)23-2)8-15(12)20-18(21)10-26-9-13-4-6-16-17(7-13)25-11-24-16/h3-8H,9-11H2,1-2H3,(H,20,21). The number of thioether (sulfide) groups is 1. The van der Waals surface area contributed by atoms with E-state index in [2.05, 4.69) is 5.32 Å². The van der Waals surface area contributed by atoms with Gasteiger partial charge in [0.2, 0.25) is 12.7 Å². The molecule has 136 valence electrons. The Morgan fingerprint density at radius 2 is 1.96 bits per heavy atom. The molecule has 2 aromatic carbocycles. The van der Waals surface area contributed by atoms with E-state index in [0.717, 1.165) is 22.6 Å². The molecule has 0 fully saturated rings. The fourth-order valence-corrected chi connectivity index (χ4v) is 3.25. The molecule has 0 unspecified atom stereocenters. The maximum atomic E-state index is 12.2. The van der Waals surface area contributed by atoms with Gasteiger partial charge in [0.1, 0.15) is 0 Å². The van der Waals surface area contributed by atoms with Crippen molar-refractivity contribution in [2.75, 3.05) is 25.0 Å². The molecule has 0 radical (unpaired) electrons. The minimum atomic E-state index is -0.433. The smallest absolute Gasteiger partial charge is 0.337 e. The monoisotopic (exact) mass is 373 g/mol. The number of ether oxygens (including phenoxy) is 3. The molecule has 0 bridgehead atoms. The second-order valence-electron chi connectivity index (χ2n) is 5.75. The third kappa shape index (κ3) is 4.29. The first-order valence-electron chi connectivity index (χ1n) is 8.02. The van der Waals surface area contributed by atoms with Crippen molar-refractivity contribution in [1.29, 1.82) is 0 Å². The highest BCUT2D eigenvalue weighted by atomic mass is 32.2. The maximum absolute atomic E-state index is 12.2. The van der Waals surface area contributed by atoms with Crippen molar-refractivity contribution in [3.8, 4) is 11.5 Å². The number of nitrogens with one attached hydrogen (secondary N) is 1. The Balaban J connectivity index is 1.53. The largest absolute Gasteiger partial charge is 0.465 e. The number of anilines is 1. The van der Waals surface area contributed by atoms with E-state index < -0.39 is 5.97 Å². The number of rotatable bonds is 6. The fraction of sp³-hybridized carbons (Fsp3) is 0.263. The second kappa shape index (κ2) is 8.14. The van der Waals surface area contributed by atoms with E-state index in [-0.39, 0.29) is 12.7 Å². The van der Waals surface area contributed by atoms with Crippen molar-refractivity contribution in [3.63, 3.8) is 0 Å². The molecule has 0 aromatic heterocycles. The molecule has 1 amide bonds. The van der Waals surface area contributed by atoms with Gasteiger partial charge in [-0.1, -0.05) is 12.1 Å². The topological polar surface area (TPSA) is 73.9 Å². The molecule has 0 saturated carbocycles. The zero-order valence-corrected chi connectivity index (χ0v) is 15.4. The molecule has 0 atom stereocenters. The van der Waals surface area contributed by atoms with Gasteiger partial charge >= 0.3 is 5.97 Å². The Hall–Kier alpha value is -2.67. The van der Waals surface area contributed by atoms with Gasteiger partial charge in [0, 0.05) is 11.4 Å². The van der Waals surface area contributed by atoms with E-state index in [4.69, 9.17) is 14.2 Å². The van der Waals surface area contributed by atoms with Crippen molar-refractivity contribution in [2.45, 2.75) is 12.7 Å². The Morgan fingerprint density at radius 1 is 1.15 bits per heavy atom. The van der Waals surface area contributed by atoms with Crippen molar-refractivity contribution < 1.29 is 23.8 Å². The highest BCUT2D eigenvalue weighted by molar-refractivity contribution is 7.99. The van der Waals surface area contributed by atoms with Gasteiger partial charge in [0.05, 0.1) is 18.4 Å². The van der Waals surface area contributed by atoms with Crippen LogP contribution in [0.25, 0.3) is 0 Å². The number of carbonyl (C=O) groups is 2. The highest BCUT2D eigenvalue weighted by Crippen LogP contribution is 2.33. The van der Waals surface area contributed by atoms with Crippen LogP contribution < -0.4 is 14.8 Å². The van der Waals surface area contributed by atoms with Crippen LogP contribution in [-0.4, -0.2) is 31.5 Å².